The molecule has 1 aromatic rings. The predicted octanol–water partition coefficient (Wildman–Crippen LogP) is 2.06. The summed E-state index contributed by atoms with van der Waals surface area (Å²) in [5.74, 6) is -0.554. The average molecular weight is 252 g/mol. The lowest BCUT2D eigenvalue weighted by molar-refractivity contribution is -0.134. The molecule has 0 aliphatic carbocycles. The Balaban J connectivity index is 2.31. The molecule has 6 heteroatoms. The summed E-state index contributed by atoms with van der Waals surface area (Å²) in [7, 11) is 1.70. The minimum Gasteiger partial charge on any atom is -0.311 e. The Morgan fingerprint density at radius 2 is 2.12 bits per heavy atom. The molecule has 1 heterocycles. The van der Waals surface area contributed by atoms with Gasteiger partial charge in [-0.1, -0.05) is 28.9 Å². The van der Waals surface area contributed by atoms with Gasteiger partial charge in [-0.05, 0) is 19.1 Å². The maximum absolute atomic E-state index is 11.3. The third-order valence-electron chi connectivity index (χ3n) is 2.25. The zero-order chi connectivity index (χ0) is 12.4. The first-order valence-corrected chi connectivity index (χ1v) is 5.30. The smallest absolute Gasteiger partial charge is 0.311 e. The number of nitrogens with zero attached hydrogens (tertiary/aromatic N) is 3. The second-order valence-electron chi connectivity index (χ2n) is 3.48. The number of oxime groups is 1. The lowest BCUT2D eigenvalue weighted by Gasteiger charge is -2.14. The van der Waals surface area contributed by atoms with Gasteiger partial charge in [0.25, 0.3) is 0 Å². The normalized spacial score (nSPS) is 17.0. The largest absolute Gasteiger partial charge is 0.387 e. The standard InChI is InChI=1S/C11H10ClN3O2/c1-7-10(11(16)17-14-7)13-15(2)9-6-4-3-5-8(9)12/h3-6H,1-2H3/b13-10+. The summed E-state index contributed by atoms with van der Waals surface area (Å²) < 4.78 is 0. The first-order valence-electron chi connectivity index (χ1n) is 4.93. The van der Waals surface area contributed by atoms with E-state index in [1.54, 1.807) is 26.1 Å². The van der Waals surface area contributed by atoms with Crippen LogP contribution in [0.5, 0.6) is 0 Å². The number of hydrogen-bond acceptors (Lipinski definition) is 5. The van der Waals surface area contributed by atoms with E-state index < -0.39 is 5.97 Å². The number of halogens is 1. The van der Waals surface area contributed by atoms with Crippen LogP contribution in [0.1, 0.15) is 6.92 Å². The minimum atomic E-state index is -0.554. The topological polar surface area (TPSA) is 54.3 Å². The van der Waals surface area contributed by atoms with Gasteiger partial charge in [-0.25, -0.2) is 4.79 Å². The maximum Gasteiger partial charge on any atom is 0.387 e. The number of carbonyl (C=O) groups is 1. The van der Waals surface area contributed by atoms with E-state index in [2.05, 4.69) is 15.1 Å². The highest BCUT2D eigenvalue weighted by Gasteiger charge is 2.25. The summed E-state index contributed by atoms with van der Waals surface area (Å²) in [5, 5.41) is 9.75. The Bertz CT molecular complexity index is 525. The van der Waals surface area contributed by atoms with Crippen molar-refractivity contribution in [2.24, 2.45) is 10.3 Å². The van der Waals surface area contributed by atoms with Gasteiger partial charge in [-0.3, -0.25) is 5.01 Å². The van der Waals surface area contributed by atoms with Crippen LogP contribution >= 0.6 is 11.6 Å². The van der Waals surface area contributed by atoms with Gasteiger partial charge in [-0.15, -0.1) is 0 Å². The third-order valence-corrected chi connectivity index (χ3v) is 2.57. The number of hydrogen-bond donors (Lipinski definition) is 0. The summed E-state index contributed by atoms with van der Waals surface area (Å²) in [4.78, 5) is 15.8. The lowest BCUT2D eigenvalue weighted by Crippen LogP contribution is -2.21. The highest BCUT2D eigenvalue weighted by atomic mass is 35.5. The van der Waals surface area contributed by atoms with Crippen LogP contribution in [0, 0.1) is 0 Å². The molecule has 1 aromatic carbocycles. The fourth-order valence-electron chi connectivity index (χ4n) is 1.38. The molecule has 0 unspecified atom stereocenters. The van der Waals surface area contributed by atoms with Gasteiger partial charge in [0.05, 0.1) is 10.7 Å². The molecule has 1 aliphatic heterocycles. The summed E-state index contributed by atoms with van der Waals surface area (Å²) in [6.07, 6.45) is 0. The van der Waals surface area contributed by atoms with Crippen LogP contribution < -0.4 is 5.01 Å². The van der Waals surface area contributed by atoms with E-state index in [-0.39, 0.29) is 5.71 Å². The van der Waals surface area contributed by atoms with Gasteiger partial charge in [0.2, 0.25) is 0 Å². The second-order valence-corrected chi connectivity index (χ2v) is 3.89. The first kappa shape index (κ1) is 11.6. The van der Waals surface area contributed by atoms with Gasteiger partial charge in [0.15, 0.2) is 5.71 Å². The van der Waals surface area contributed by atoms with E-state index >= 15 is 0 Å². The molecular formula is C11H10ClN3O2. The molecule has 88 valence electrons. The zero-order valence-corrected chi connectivity index (χ0v) is 10.1. The van der Waals surface area contributed by atoms with E-state index in [9.17, 15) is 4.79 Å². The third kappa shape index (κ3) is 2.29. The Morgan fingerprint density at radius 3 is 2.71 bits per heavy atom. The van der Waals surface area contributed by atoms with Crippen LogP contribution in [0.3, 0.4) is 0 Å². The number of carbonyl (C=O) groups excluding carboxylic acids is 1. The molecule has 0 fully saturated rings. The Hall–Kier alpha value is -1.88. The molecule has 0 aromatic heterocycles. The highest BCUT2D eigenvalue weighted by molar-refractivity contribution is 6.66. The van der Waals surface area contributed by atoms with Crippen LogP contribution in [-0.4, -0.2) is 24.4 Å². The Morgan fingerprint density at radius 1 is 1.41 bits per heavy atom. The van der Waals surface area contributed by atoms with E-state index in [1.807, 2.05) is 12.1 Å². The predicted molar refractivity (Wildman–Crippen MR) is 66.5 cm³/mol. The monoisotopic (exact) mass is 251 g/mol. The second kappa shape index (κ2) is 4.55. The molecule has 5 nitrogen and oxygen atoms in total. The summed E-state index contributed by atoms with van der Waals surface area (Å²) in [5.41, 5.74) is 1.34. The SMILES string of the molecule is CC1=NOC(=O)/C1=N/N(C)c1ccccc1Cl. The van der Waals surface area contributed by atoms with Gasteiger partial charge in [0, 0.05) is 7.05 Å². The molecule has 1 aliphatic rings. The van der Waals surface area contributed by atoms with Crippen molar-refractivity contribution in [3.63, 3.8) is 0 Å². The van der Waals surface area contributed by atoms with Crippen molar-refractivity contribution in [1.82, 2.24) is 0 Å². The molecule has 0 saturated heterocycles. The Labute approximate surface area is 103 Å². The molecule has 0 atom stereocenters. The van der Waals surface area contributed by atoms with Crippen molar-refractivity contribution in [2.75, 3.05) is 12.1 Å². The molecule has 0 bridgehead atoms. The van der Waals surface area contributed by atoms with Crippen LogP contribution in [0.4, 0.5) is 5.69 Å². The summed E-state index contributed by atoms with van der Waals surface area (Å²) >= 11 is 6.02. The molecule has 17 heavy (non-hydrogen) atoms. The molecular weight excluding hydrogens is 242 g/mol. The number of rotatable bonds is 2. The number of para-hydroxylation sites is 1. The van der Waals surface area contributed by atoms with Crippen molar-refractivity contribution in [2.45, 2.75) is 6.92 Å². The molecule has 0 radical (unpaired) electrons. The van der Waals surface area contributed by atoms with Gasteiger partial charge in [-0.2, -0.15) is 5.10 Å². The lowest BCUT2D eigenvalue weighted by atomic mass is 10.3. The van der Waals surface area contributed by atoms with Gasteiger partial charge in [0.1, 0.15) is 5.71 Å². The van der Waals surface area contributed by atoms with Crippen LogP contribution in [-0.2, 0) is 9.63 Å². The number of hydrazone groups is 1. The van der Waals surface area contributed by atoms with E-state index in [1.165, 1.54) is 5.01 Å². The van der Waals surface area contributed by atoms with E-state index in [0.717, 1.165) is 0 Å². The molecule has 2 rings (SSSR count). The summed E-state index contributed by atoms with van der Waals surface area (Å²) in [6.45, 7) is 1.66. The fraction of sp³-hybridized carbons (Fsp3) is 0.182. The van der Waals surface area contributed by atoms with Crippen molar-refractivity contribution < 1.29 is 9.63 Å². The minimum absolute atomic E-state index is 0.187. The van der Waals surface area contributed by atoms with Crippen LogP contribution in [0.15, 0.2) is 34.5 Å². The van der Waals surface area contributed by atoms with Crippen LogP contribution in [0.25, 0.3) is 0 Å². The Kier molecular flexibility index (Phi) is 3.10. The number of benzene rings is 1. The van der Waals surface area contributed by atoms with Crippen LogP contribution in [0.2, 0.25) is 5.02 Å². The van der Waals surface area contributed by atoms with Crippen molar-refractivity contribution in [1.29, 1.82) is 0 Å². The summed E-state index contributed by atoms with van der Waals surface area (Å²) in [6, 6.07) is 7.22. The molecule has 0 amide bonds. The first-order chi connectivity index (χ1) is 8.09. The van der Waals surface area contributed by atoms with Gasteiger partial charge >= 0.3 is 5.97 Å². The fourth-order valence-corrected chi connectivity index (χ4v) is 1.63. The molecule has 0 spiro atoms. The van der Waals surface area contributed by atoms with E-state index in [0.29, 0.717) is 16.4 Å². The highest BCUT2D eigenvalue weighted by Crippen LogP contribution is 2.24. The van der Waals surface area contributed by atoms with E-state index in [4.69, 9.17) is 11.6 Å². The van der Waals surface area contributed by atoms with Gasteiger partial charge < -0.3 is 4.84 Å². The van der Waals surface area contributed by atoms with Crippen molar-refractivity contribution >= 4 is 34.7 Å². The number of anilines is 1. The van der Waals surface area contributed by atoms with Crippen molar-refractivity contribution in [3.05, 3.63) is 29.3 Å². The molecule has 0 N–H and O–H groups in total. The van der Waals surface area contributed by atoms with Crippen molar-refractivity contribution in [3.8, 4) is 0 Å². The average Bonchev–Trinajstić information content (AvgIpc) is 2.61. The zero-order valence-electron chi connectivity index (χ0n) is 9.35. The maximum atomic E-state index is 11.3. The quantitative estimate of drug-likeness (QED) is 0.597. The molecule has 0 saturated carbocycles.